The van der Waals surface area contributed by atoms with Crippen molar-refractivity contribution in [2.24, 2.45) is 11.7 Å². The minimum absolute atomic E-state index is 0. The SMILES string of the molecule is CC(C)[C@H](N)C(=O)N1CCN(C(=O)c2ccc(OC(F)(F)F)cc2)CC1.Cl. The summed E-state index contributed by atoms with van der Waals surface area (Å²) in [4.78, 5) is 27.9. The van der Waals surface area contributed by atoms with Gasteiger partial charge in [-0.05, 0) is 30.2 Å². The molecule has 1 aliphatic heterocycles. The minimum atomic E-state index is -4.77. The van der Waals surface area contributed by atoms with Gasteiger partial charge < -0.3 is 20.3 Å². The van der Waals surface area contributed by atoms with Gasteiger partial charge in [0, 0.05) is 31.7 Å². The normalized spacial score (nSPS) is 16.0. The first-order chi connectivity index (χ1) is 12.1. The molecule has 0 saturated carbocycles. The van der Waals surface area contributed by atoms with Crippen molar-refractivity contribution < 1.29 is 27.5 Å². The number of amides is 2. The fourth-order valence-corrected chi connectivity index (χ4v) is 2.61. The fraction of sp³-hybridized carbons (Fsp3) is 0.529. The predicted octanol–water partition coefficient (Wildman–Crippen LogP) is 2.27. The van der Waals surface area contributed by atoms with Gasteiger partial charge in [0.2, 0.25) is 5.91 Å². The molecule has 2 rings (SSSR count). The summed E-state index contributed by atoms with van der Waals surface area (Å²) in [5, 5.41) is 0. The zero-order valence-electron chi connectivity index (χ0n) is 15.0. The Hall–Kier alpha value is -2.00. The van der Waals surface area contributed by atoms with Crippen LogP contribution >= 0.6 is 12.4 Å². The molecule has 152 valence electrons. The highest BCUT2D eigenvalue weighted by Gasteiger charge is 2.31. The van der Waals surface area contributed by atoms with Crippen molar-refractivity contribution in [1.29, 1.82) is 0 Å². The Balaban J connectivity index is 0.00000364. The summed E-state index contributed by atoms with van der Waals surface area (Å²) in [5.41, 5.74) is 6.13. The third-order valence-corrected chi connectivity index (χ3v) is 4.22. The molecule has 1 aromatic rings. The standard InChI is InChI=1S/C17H22F3N3O3.ClH/c1-11(2)14(21)16(25)23-9-7-22(8-10-23)15(24)12-3-5-13(6-4-12)26-17(18,19)20;/h3-6,11,14H,7-10,21H2,1-2H3;1H/t14-;/m0./s1. The number of carbonyl (C=O) groups excluding carboxylic acids is 2. The molecule has 0 unspecified atom stereocenters. The number of alkyl halides is 3. The van der Waals surface area contributed by atoms with Crippen molar-refractivity contribution in [1.82, 2.24) is 9.80 Å². The summed E-state index contributed by atoms with van der Waals surface area (Å²) < 4.78 is 40.3. The van der Waals surface area contributed by atoms with Crippen LogP contribution in [0, 0.1) is 5.92 Å². The molecule has 2 N–H and O–H groups in total. The van der Waals surface area contributed by atoms with Crippen molar-refractivity contribution in [2.75, 3.05) is 26.2 Å². The molecule has 0 radical (unpaired) electrons. The van der Waals surface area contributed by atoms with E-state index in [1.54, 1.807) is 9.80 Å². The first-order valence-electron chi connectivity index (χ1n) is 8.28. The van der Waals surface area contributed by atoms with E-state index >= 15 is 0 Å². The summed E-state index contributed by atoms with van der Waals surface area (Å²) in [6, 6.07) is 4.20. The lowest BCUT2D eigenvalue weighted by molar-refractivity contribution is -0.274. The zero-order valence-corrected chi connectivity index (χ0v) is 15.8. The zero-order chi connectivity index (χ0) is 19.5. The minimum Gasteiger partial charge on any atom is -0.406 e. The van der Waals surface area contributed by atoms with E-state index in [0.29, 0.717) is 26.2 Å². The van der Waals surface area contributed by atoms with Gasteiger partial charge in [-0.25, -0.2) is 0 Å². The van der Waals surface area contributed by atoms with Gasteiger partial charge in [-0.2, -0.15) is 0 Å². The molecule has 1 aromatic carbocycles. The Morgan fingerprint density at radius 3 is 1.96 bits per heavy atom. The Kier molecular flexibility index (Phi) is 7.91. The number of ether oxygens (including phenoxy) is 1. The Labute approximate surface area is 161 Å². The number of piperazine rings is 1. The smallest absolute Gasteiger partial charge is 0.406 e. The summed E-state index contributed by atoms with van der Waals surface area (Å²) in [5.74, 6) is -0.795. The van der Waals surface area contributed by atoms with Gasteiger partial charge in [-0.1, -0.05) is 13.8 Å². The molecular formula is C17H23ClF3N3O3. The maximum Gasteiger partial charge on any atom is 0.573 e. The molecule has 2 amide bonds. The molecule has 0 aromatic heterocycles. The number of nitrogens with two attached hydrogens (primary N) is 1. The number of hydrogen-bond donors (Lipinski definition) is 1. The van der Waals surface area contributed by atoms with Gasteiger partial charge in [0.15, 0.2) is 0 Å². The van der Waals surface area contributed by atoms with Gasteiger partial charge in [-0.15, -0.1) is 25.6 Å². The highest BCUT2D eigenvalue weighted by atomic mass is 35.5. The quantitative estimate of drug-likeness (QED) is 0.827. The van der Waals surface area contributed by atoms with E-state index in [2.05, 4.69) is 4.74 Å². The number of rotatable bonds is 4. The van der Waals surface area contributed by atoms with Crippen LogP contribution in [-0.4, -0.2) is 60.2 Å². The number of carbonyl (C=O) groups is 2. The summed E-state index contributed by atoms with van der Waals surface area (Å²) in [6.07, 6.45) is -4.77. The fourth-order valence-electron chi connectivity index (χ4n) is 2.61. The van der Waals surface area contributed by atoms with E-state index in [4.69, 9.17) is 5.73 Å². The molecule has 27 heavy (non-hydrogen) atoms. The van der Waals surface area contributed by atoms with E-state index in [1.165, 1.54) is 12.1 Å². The van der Waals surface area contributed by atoms with Crippen LogP contribution in [-0.2, 0) is 4.79 Å². The monoisotopic (exact) mass is 409 g/mol. The second kappa shape index (κ2) is 9.27. The van der Waals surface area contributed by atoms with Gasteiger partial charge in [0.05, 0.1) is 6.04 Å². The average Bonchev–Trinajstić information content (AvgIpc) is 2.59. The highest BCUT2D eigenvalue weighted by molar-refractivity contribution is 5.94. The highest BCUT2D eigenvalue weighted by Crippen LogP contribution is 2.23. The third kappa shape index (κ3) is 6.28. The van der Waals surface area contributed by atoms with Crippen molar-refractivity contribution >= 4 is 24.2 Å². The molecule has 6 nitrogen and oxygen atoms in total. The molecule has 1 heterocycles. The number of nitrogens with zero attached hydrogens (tertiary/aromatic N) is 2. The second-order valence-electron chi connectivity index (χ2n) is 6.46. The largest absolute Gasteiger partial charge is 0.573 e. The van der Waals surface area contributed by atoms with E-state index in [-0.39, 0.29) is 41.5 Å². The van der Waals surface area contributed by atoms with Gasteiger partial charge in [0.1, 0.15) is 5.75 Å². The number of benzene rings is 1. The van der Waals surface area contributed by atoms with Crippen molar-refractivity contribution in [3.63, 3.8) is 0 Å². The van der Waals surface area contributed by atoms with Crippen molar-refractivity contribution in [3.05, 3.63) is 29.8 Å². The average molecular weight is 410 g/mol. The van der Waals surface area contributed by atoms with Gasteiger partial charge >= 0.3 is 6.36 Å². The molecule has 1 aliphatic rings. The van der Waals surface area contributed by atoms with Gasteiger partial charge in [0.25, 0.3) is 5.91 Å². The Bertz CT molecular complexity index is 645. The lowest BCUT2D eigenvalue weighted by Gasteiger charge is -2.36. The summed E-state index contributed by atoms with van der Waals surface area (Å²) in [6.45, 7) is 5.18. The molecule has 0 aliphatic carbocycles. The lowest BCUT2D eigenvalue weighted by Crippen LogP contribution is -2.55. The molecule has 0 spiro atoms. The third-order valence-electron chi connectivity index (χ3n) is 4.22. The van der Waals surface area contributed by atoms with Crippen LogP contribution in [0.1, 0.15) is 24.2 Å². The van der Waals surface area contributed by atoms with Crippen LogP contribution in [0.4, 0.5) is 13.2 Å². The van der Waals surface area contributed by atoms with Crippen LogP contribution in [0.2, 0.25) is 0 Å². The van der Waals surface area contributed by atoms with Gasteiger partial charge in [-0.3, -0.25) is 9.59 Å². The van der Waals surface area contributed by atoms with Crippen molar-refractivity contribution in [3.8, 4) is 5.75 Å². The number of hydrogen-bond acceptors (Lipinski definition) is 4. The van der Waals surface area contributed by atoms with E-state index in [1.807, 2.05) is 13.8 Å². The molecular weight excluding hydrogens is 387 g/mol. The summed E-state index contributed by atoms with van der Waals surface area (Å²) in [7, 11) is 0. The first-order valence-corrected chi connectivity index (χ1v) is 8.28. The van der Waals surface area contributed by atoms with Crippen LogP contribution in [0.25, 0.3) is 0 Å². The van der Waals surface area contributed by atoms with E-state index < -0.39 is 12.4 Å². The second-order valence-corrected chi connectivity index (χ2v) is 6.46. The number of halogens is 4. The maximum atomic E-state index is 12.4. The van der Waals surface area contributed by atoms with E-state index in [9.17, 15) is 22.8 Å². The van der Waals surface area contributed by atoms with Crippen LogP contribution in [0.5, 0.6) is 5.75 Å². The Morgan fingerprint density at radius 2 is 1.52 bits per heavy atom. The van der Waals surface area contributed by atoms with Crippen molar-refractivity contribution in [2.45, 2.75) is 26.3 Å². The molecule has 0 bridgehead atoms. The summed E-state index contributed by atoms with van der Waals surface area (Å²) >= 11 is 0. The molecule has 1 atom stereocenters. The lowest BCUT2D eigenvalue weighted by atomic mass is 10.0. The molecule has 10 heteroatoms. The Morgan fingerprint density at radius 1 is 1.04 bits per heavy atom. The topological polar surface area (TPSA) is 75.9 Å². The predicted molar refractivity (Wildman–Crippen MR) is 95.7 cm³/mol. The molecule has 1 saturated heterocycles. The first kappa shape index (κ1) is 23.0. The van der Waals surface area contributed by atoms with E-state index in [0.717, 1.165) is 12.1 Å². The van der Waals surface area contributed by atoms with Crippen LogP contribution in [0.15, 0.2) is 24.3 Å². The maximum absolute atomic E-state index is 12.4. The van der Waals surface area contributed by atoms with Crippen LogP contribution < -0.4 is 10.5 Å². The van der Waals surface area contributed by atoms with Crippen LogP contribution in [0.3, 0.4) is 0 Å². The molecule has 1 fully saturated rings.